The van der Waals surface area contributed by atoms with Gasteiger partial charge in [0.15, 0.2) is 0 Å². The predicted octanol–water partition coefficient (Wildman–Crippen LogP) is 12.3. The summed E-state index contributed by atoms with van der Waals surface area (Å²) >= 11 is 3.66. The highest BCUT2D eigenvalue weighted by atomic mass is 32.2. The second kappa shape index (κ2) is 9.82. The van der Waals surface area contributed by atoms with Crippen LogP contribution in [0.25, 0.3) is 97.6 Å². The predicted molar refractivity (Wildman–Crippen MR) is 211 cm³/mol. The summed E-state index contributed by atoms with van der Waals surface area (Å²) in [5.41, 5.74) is 8.85. The Morgan fingerprint density at radius 2 is 1.18 bits per heavy atom. The van der Waals surface area contributed by atoms with Crippen LogP contribution in [0.1, 0.15) is 0 Å². The Bertz CT molecular complexity index is 3250. The van der Waals surface area contributed by atoms with Crippen molar-refractivity contribution in [2.45, 2.75) is 9.79 Å². The third-order valence-corrected chi connectivity index (χ3v) is 12.6. The zero-order valence-corrected chi connectivity index (χ0v) is 28.1. The molecular weight excluding hydrogens is 649 g/mol. The standard InChI is InChI=1S/C44H24N4S2/c1-5-15-33-26(10-1)29-22-23-35-40(43(29)47(33)25-20-21-28-27-11-3-7-17-36(27)50-39(28)24-25)30-12-2-6-16-34(30)48(35)44-45-32-14-9-19-38-41(32)42(46-44)31-13-4-8-18-37(31)49-38/h1-24H. The van der Waals surface area contributed by atoms with E-state index in [2.05, 4.69) is 155 Å². The van der Waals surface area contributed by atoms with Gasteiger partial charge in [0.25, 0.3) is 0 Å². The van der Waals surface area contributed by atoms with Gasteiger partial charge in [0.1, 0.15) is 0 Å². The zero-order chi connectivity index (χ0) is 32.5. The summed E-state index contributed by atoms with van der Waals surface area (Å²) in [4.78, 5) is 13.1. The summed E-state index contributed by atoms with van der Waals surface area (Å²) < 4.78 is 7.35. The van der Waals surface area contributed by atoms with Crippen LogP contribution in [-0.4, -0.2) is 19.1 Å². The molecule has 12 rings (SSSR count). The maximum absolute atomic E-state index is 5.41. The van der Waals surface area contributed by atoms with Gasteiger partial charge in [-0.1, -0.05) is 103 Å². The number of hydrogen-bond donors (Lipinski definition) is 0. The second-order valence-corrected chi connectivity index (χ2v) is 15.1. The van der Waals surface area contributed by atoms with Crippen LogP contribution in [0.4, 0.5) is 0 Å². The van der Waals surface area contributed by atoms with Crippen molar-refractivity contribution < 1.29 is 0 Å². The fourth-order valence-electron chi connectivity index (χ4n) is 8.23. The molecule has 0 amide bonds. The average Bonchev–Trinajstić information content (AvgIpc) is 3.82. The maximum atomic E-state index is 5.41. The van der Waals surface area contributed by atoms with Gasteiger partial charge in [0.05, 0.1) is 33.3 Å². The molecule has 1 aliphatic rings. The highest BCUT2D eigenvalue weighted by Gasteiger charge is 2.25. The van der Waals surface area contributed by atoms with Crippen molar-refractivity contribution in [3.8, 4) is 22.9 Å². The van der Waals surface area contributed by atoms with E-state index in [0.29, 0.717) is 5.95 Å². The van der Waals surface area contributed by atoms with Crippen molar-refractivity contribution in [3.05, 3.63) is 146 Å². The molecule has 0 radical (unpaired) electrons. The molecule has 4 aromatic heterocycles. The molecule has 0 saturated carbocycles. The Balaban J connectivity index is 1.21. The van der Waals surface area contributed by atoms with Crippen LogP contribution in [0.2, 0.25) is 0 Å². The molecule has 0 fully saturated rings. The van der Waals surface area contributed by atoms with Crippen LogP contribution in [0.15, 0.2) is 155 Å². The Morgan fingerprint density at radius 1 is 0.460 bits per heavy atom. The van der Waals surface area contributed by atoms with E-state index in [-0.39, 0.29) is 0 Å². The van der Waals surface area contributed by atoms with Crippen molar-refractivity contribution in [2.75, 3.05) is 0 Å². The number of aromatic nitrogens is 4. The lowest BCUT2D eigenvalue weighted by Gasteiger charge is -2.20. The first-order valence-electron chi connectivity index (χ1n) is 16.8. The Hall–Kier alpha value is -5.95. The summed E-state index contributed by atoms with van der Waals surface area (Å²) in [6, 6.07) is 52.7. The van der Waals surface area contributed by atoms with Crippen molar-refractivity contribution in [1.82, 2.24) is 19.1 Å². The van der Waals surface area contributed by atoms with Gasteiger partial charge in [-0.3, -0.25) is 4.57 Å². The number of rotatable bonds is 2. The van der Waals surface area contributed by atoms with Gasteiger partial charge in [-0.25, -0.2) is 9.97 Å². The van der Waals surface area contributed by atoms with Crippen LogP contribution in [0.3, 0.4) is 0 Å². The number of benzene rings is 7. The first-order valence-corrected chi connectivity index (χ1v) is 18.4. The lowest BCUT2D eigenvalue weighted by atomic mass is 10.1. The zero-order valence-electron chi connectivity index (χ0n) is 26.5. The lowest BCUT2D eigenvalue weighted by molar-refractivity contribution is 1.01. The third kappa shape index (κ3) is 3.51. The first kappa shape index (κ1) is 26.9. The normalized spacial score (nSPS) is 12.7. The van der Waals surface area contributed by atoms with Gasteiger partial charge in [-0.2, -0.15) is 0 Å². The number of hydrogen-bond acceptors (Lipinski definition) is 4. The Morgan fingerprint density at radius 3 is 2.10 bits per heavy atom. The van der Waals surface area contributed by atoms with Gasteiger partial charge in [0.2, 0.25) is 5.95 Å². The molecule has 0 atom stereocenters. The van der Waals surface area contributed by atoms with Gasteiger partial charge < -0.3 is 4.57 Å². The molecule has 1 aliphatic heterocycles. The van der Waals surface area contributed by atoms with E-state index < -0.39 is 0 Å². The van der Waals surface area contributed by atoms with Crippen molar-refractivity contribution in [1.29, 1.82) is 0 Å². The molecule has 232 valence electrons. The maximum Gasteiger partial charge on any atom is 0.235 e. The van der Waals surface area contributed by atoms with Gasteiger partial charge in [0, 0.05) is 68.1 Å². The molecule has 0 aliphatic carbocycles. The smallest absolute Gasteiger partial charge is 0.235 e. The van der Waals surface area contributed by atoms with Crippen molar-refractivity contribution in [2.24, 2.45) is 0 Å². The number of fused-ring (bicyclic) bond motifs is 12. The monoisotopic (exact) mass is 672 g/mol. The van der Waals surface area contributed by atoms with Crippen LogP contribution >= 0.6 is 23.1 Å². The van der Waals surface area contributed by atoms with E-state index in [4.69, 9.17) is 9.97 Å². The molecule has 0 saturated heterocycles. The second-order valence-electron chi connectivity index (χ2n) is 13.0. The highest BCUT2D eigenvalue weighted by Crippen LogP contribution is 2.48. The summed E-state index contributed by atoms with van der Waals surface area (Å²) in [6.45, 7) is 0. The fourth-order valence-corrected chi connectivity index (χ4v) is 10.5. The molecule has 7 aromatic carbocycles. The molecule has 0 spiro atoms. The van der Waals surface area contributed by atoms with Crippen LogP contribution in [0.5, 0.6) is 0 Å². The Labute approximate surface area is 293 Å². The number of para-hydroxylation sites is 2. The van der Waals surface area contributed by atoms with Gasteiger partial charge in [-0.15, -0.1) is 11.3 Å². The van der Waals surface area contributed by atoms with Gasteiger partial charge >= 0.3 is 0 Å². The molecule has 50 heavy (non-hydrogen) atoms. The number of thiophene rings is 1. The SMILES string of the molecule is c1ccc2c(c1)Sc1cccc3nc(-n4c5ccccc5c5c4ccc4c6ccccc6n(-c6ccc7c(c6)sc6ccccc67)c45)nc-2c13. The molecule has 0 unspecified atom stereocenters. The minimum atomic E-state index is 0.686. The molecule has 11 aromatic rings. The van der Waals surface area contributed by atoms with E-state index in [1.54, 1.807) is 11.8 Å². The van der Waals surface area contributed by atoms with Crippen LogP contribution in [0, 0.1) is 0 Å². The number of nitrogens with zero attached hydrogens (tertiary/aromatic N) is 4. The van der Waals surface area contributed by atoms with Gasteiger partial charge in [-0.05, 0) is 54.6 Å². The molecule has 4 nitrogen and oxygen atoms in total. The van der Waals surface area contributed by atoms with Crippen LogP contribution < -0.4 is 0 Å². The average molecular weight is 673 g/mol. The van der Waals surface area contributed by atoms with E-state index in [1.807, 2.05) is 11.3 Å². The summed E-state index contributed by atoms with van der Waals surface area (Å²) in [7, 11) is 0. The lowest BCUT2D eigenvalue weighted by Crippen LogP contribution is -2.05. The highest BCUT2D eigenvalue weighted by molar-refractivity contribution is 7.99. The van der Waals surface area contributed by atoms with Crippen LogP contribution in [-0.2, 0) is 0 Å². The minimum absolute atomic E-state index is 0.686. The first-order chi connectivity index (χ1) is 24.8. The van der Waals surface area contributed by atoms with Crippen molar-refractivity contribution in [3.63, 3.8) is 0 Å². The van der Waals surface area contributed by atoms with E-state index in [1.165, 1.54) is 62.5 Å². The molecule has 6 heteroatoms. The molecule has 5 heterocycles. The Kier molecular flexibility index (Phi) is 5.29. The topological polar surface area (TPSA) is 35.6 Å². The van der Waals surface area contributed by atoms with E-state index >= 15 is 0 Å². The third-order valence-electron chi connectivity index (χ3n) is 10.3. The summed E-state index contributed by atoms with van der Waals surface area (Å²) in [6.07, 6.45) is 0. The summed E-state index contributed by atoms with van der Waals surface area (Å²) in [5.74, 6) is 0.686. The quantitative estimate of drug-likeness (QED) is 0.183. The van der Waals surface area contributed by atoms with E-state index in [0.717, 1.165) is 38.9 Å². The van der Waals surface area contributed by atoms with E-state index in [9.17, 15) is 0 Å². The molecule has 0 bridgehead atoms. The fraction of sp³-hybridized carbons (Fsp3) is 0. The largest absolute Gasteiger partial charge is 0.308 e. The summed E-state index contributed by atoms with van der Waals surface area (Å²) in [5, 5.41) is 8.60. The molecular formula is C44H24N4S2. The molecule has 0 N–H and O–H groups in total. The minimum Gasteiger partial charge on any atom is -0.308 e. The van der Waals surface area contributed by atoms with Crippen molar-refractivity contribution >= 4 is 97.8 Å².